The normalized spacial score (nSPS) is 17.3. The highest BCUT2D eigenvalue weighted by molar-refractivity contribution is 5.95. The molecule has 9 rings (SSSR count). The quantitative estimate of drug-likeness (QED) is 0.165. The summed E-state index contributed by atoms with van der Waals surface area (Å²) in [7, 11) is 0. The lowest BCUT2D eigenvalue weighted by Crippen LogP contribution is -2.38. The molecule has 0 aromatic heterocycles. The third kappa shape index (κ3) is 8.15. The largest absolute Gasteiger partial charge is 0.311 e. The molecule has 0 N–H and O–H groups in total. The molecule has 1 unspecified atom stereocenters. The molecule has 2 heterocycles. The Balaban J connectivity index is 1.27. The lowest BCUT2D eigenvalue weighted by Gasteiger charge is -2.50. The van der Waals surface area contributed by atoms with E-state index in [9.17, 15) is 0 Å². The summed E-state index contributed by atoms with van der Waals surface area (Å²) < 4.78 is 0. The van der Waals surface area contributed by atoms with Gasteiger partial charge in [-0.1, -0.05) is 178 Å². The molecule has 6 aromatic carbocycles. The standard InChI is InChI=1S/C64H75N3/c1-59(2,3)42-21-29-46(30-22-42)65(47-31-23-43(24-32-47)60(4,5)6)50-37-38-57-53(39-50)64(15,16)55-41-51(40-54-58(55)67(57)56-20-18-17-19-52(56)63(54,13)14)66(48-33-25-44(26-34-48)61(7,8)9)49-35-27-45(28-36-49)62(10,11)12/h17-23,25-41,43H,24H2,1-16H3. The summed E-state index contributed by atoms with van der Waals surface area (Å²) in [5, 5.41) is 0. The van der Waals surface area contributed by atoms with Crippen molar-refractivity contribution in [2.24, 2.45) is 11.3 Å². The smallest absolute Gasteiger partial charge is 0.0545 e. The first-order valence-corrected chi connectivity index (χ1v) is 24.8. The molecule has 0 radical (unpaired) electrons. The number of hydrogen-bond acceptors (Lipinski definition) is 3. The molecule has 0 fully saturated rings. The predicted molar refractivity (Wildman–Crippen MR) is 290 cm³/mol. The summed E-state index contributed by atoms with van der Waals surface area (Å²) in [5.74, 6) is 0.486. The molecule has 1 aliphatic carbocycles. The molecule has 0 saturated heterocycles. The van der Waals surface area contributed by atoms with Crippen molar-refractivity contribution in [3.8, 4) is 0 Å². The minimum absolute atomic E-state index is 0.0506. The van der Waals surface area contributed by atoms with Crippen molar-refractivity contribution in [2.75, 3.05) is 14.7 Å². The van der Waals surface area contributed by atoms with Gasteiger partial charge in [-0.05, 0) is 152 Å². The molecule has 346 valence electrons. The Morgan fingerprint density at radius 1 is 0.448 bits per heavy atom. The first-order valence-electron chi connectivity index (χ1n) is 24.8. The molecule has 3 aliphatic rings. The van der Waals surface area contributed by atoms with Crippen LogP contribution in [0, 0.1) is 11.3 Å². The van der Waals surface area contributed by atoms with Crippen LogP contribution in [0.4, 0.5) is 45.5 Å². The van der Waals surface area contributed by atoms with Crippen LogP contribution in [0.3, 0.4) is 0 Å². The van der Waals surface area contributed by atoms with Crippen molar-refractivity contribution < 1.29 is 0 Å². The Morgan fingerprint density at radius 2 is 0.866 bits per heavy atom. The molecule has 6 aromatic rings. The van der Waals surface area contributed by atoms with E-state index >= 15 is 0 Å². The van der Waals surface area contributed by atoms with Crippen LogP contribution >= 0.6 is 0 Å². The van der Waals surface area contributed by atoms with Gasteiger partial charge in [0, 0.05) is 45.0 Å². The average molecular weight is 886 g/mol. The molecule has 3 heteroatoms. The van der Waals surface area contributed by atoms with Gasteiger partial charge in [-0.2, -0.15) is 0 Å². The molecule has 0 saturated carbocycles. The molecule has 3 nitrogen and oxygen atoms in total. The maximum atomic E-state index is 2.59. The van der Waals surface area contributed by atoms with Gasteiger partial charge < -0.3 is 14.7 Å². The minimum atomic E-state index is -0.363. The van der Waals surface area contributed by atoms with Crippen LogP contribution in [0.15, 0.2) is 151 Å². The Kier molecular flexibility index (Phi) is 11.0. The number of para-hydroxylation sites is 1. The van der Waals surface area contributed by atoms with Gasteiger partial charge in [0.05, 0.1) is 17.1 Å². The first kappa shape index (κ1) is 46.3. The zero-order valence-corrected chi connectivity index (χ0v) is 43.5. The lowest BCUT2D eigenvalue weighted by molar-refractivity contribution is 0.293. The number of fused-ring (bicyclic) bond motifs is 4. The number of rotatable bonds is 6. The van der Waals surface area contributed by atoms with Crippen molar-refractivity contribution in [2.45, 2.75) is 144 Å². The van der Waals surface area contributed by atoms with E-state index in [2.05, 4.69) is 271 Å². The molecule has 67 heavy (non-hydrogen) atoms. The maximum Gasteiger partial charge on any atom is 0.0545 e. The van der Waals surface area contributed by atoms with Crippen LogP contribution < -0.4 is 14.7 Å². The van der Waals surface area contributed by atoms with E-state index in [1.807, 2.05) is 0 Å². The third-order valence-electron chi connectivity index (χ3n) is 15.3. The second-order valence-corrected chi connectivity index (χ2v) is 25.0. The Hall–Kier alpha value is -5.80. The predicted octanol–water partition coefficient (Wildman–Crippen LogP) is 18.4. The maximum absolute atomic E-state index is 2.59. The molecule has 0 bridgehead atoms. The van der Waals surface area contributed by atoms with Gasteiger partial charge in [0.25, 0.3) is 0 Å². The van der Waals surface area contributed by atoms with Crippen LogP contribution in [-0.4, -0.2) is 0 Å². The summed E-state index contributed by atoms with van der Waals surface area (Å²) in [6.45, 7) is 37.5. The van der Waals surface area contributed by atoms with Crippen LogP contribution in [0.25, 0.3) is 0 Å². The van der Waals surface area contributed by atoms with Crippen LogP contribution in [0.1, 0.15) is 156 Å². The fourth-order valence-corrected chi connectivity index (χ4v) is 10.8. The first-order chi connectivity index (χ1) is 31.3. The van der Waals surface area contributed by atoms with E-state index < -0.39 is 0 Å². The highest BCUT2D eigenvalue weighted by Gasteiger charge is 2.46. The summed E-state index contributed by atoms with van der Waals surface area (Å²) in [6.07, 6.45) is 8.29. The number of hydrogen-bond donors (Lipinski definition) is 0. The Morgan fingerprint density at radius 3 is 1.31 bits per heavy atom. The zero-order chi connectivity index (χ0) is 48.2. The summed E-state index contributed by atoms with van der Waals surface area (Å²) in [6, 6.07) is 49.3. The van der Waals surface area contributed by atoms with Gasteiger partial charge in [-0.15, -0.1) is 0 Å². The van der Waals surface area contributed by atoms with Crippen molar-refractivity contribution in [3.63, 3.8) is 0 Å². The van der Waals surface area contributed by atoms with E-state index in [1.54, 1.807) is 0 Å². The Labute approximate surface area is 404 Å². The minimum Gasteiger partial charge on any atom is -0.311 e. The SMILES string of the molecule is CC(C)(C)c1ccc(N(C2=CCC(C(C)(C)C)C=C2)c2ccc3c(c2)C(C)(C)c2cc(N(c4ccc(C(C)(C)C)cc4)c4ccc(C(C)(C)C)cc4)cc4c2N3c2ccccc2C4(C)C)cc1. The molecule has 0 amide bonds. The molecule has 0 spiro atoms. The van der Waals surface area contributed by atoms with Crippen LogP contribution in [0.5, 0.6) is 0 Å². The van der Waals surface area contributed by atoms with E-state index in [0.29, 0.717) is 5.92 Å². The number of nitrogens with zero attached hydrogens (tertiary/aromatic N) is 3. The zero-order valence-electron chi connectivity index (χ0n) is 43.5. The third-order valence-corrected chi connectivity index (χ3v) is 15.3. The van der Waals surface area contributed by atoms with Crippen LogP contribution in [-0.2, 0) is 27.1 Å². The van der Waals surface area contributed by atoms with Gasteiger partial charge in [-0.3, -0.25) is 0 Å². The van der Waals surface area contributed by atoms with Crippen molar-refractivity contribution >= 4 is 45.5 Å². The fraction of sp³-hybridized carbons (Fsp3) is 0.375. The van der Waals surface area contributed by atoms with E-state index in [1.165, 1.54) is 78.8 Å². The summed E-state index contributed by atoms with van der Waals surface area (Å²) in [4.78, 5) is 7.58. The van der Waals surface area contributed by atoms with Gasteiger partial charge in [0.15, 0.2) is 0 Å². The lowest BCUT2D eigenvalue weighted by atomic mass is 9.66. The second-order valence-electron chi connectivity index (χ2n) is 25.0. The summed E-state index contributed by atoms with van der Waals surface area (Å²) >= 11 is 0. The van der Waals surface area contributed by atoms with E-state index in [4.69, 9.17) is 0 Å². The topological polar surface area (TPSA) is 9.72 Å². The molecular weight excluding hydrogens is 811 g/mol. The van der Waals surface area contributed by atoms with Gasteiger partial charge in [-0.25, -0.2) is 0 Å². The van der Waals surface area contributed by atoms with Gasteiger partial charge in [0.1, 0.15) is 0 Å². The highest BCUT2D eigenvalue weighted by atomic mass is 15.2. The summed E-state index contributed by atoms with van der Waals surface area (Å²) in [5.41, 5.74) is 19.9. The fourth-order valence-electron chi connectivity index (χ4n) is 10.8. The van der Waals surface area contributed by atoms with Gasteiger partial charge in [0.2, 0.25) is 0 Å². The highest BCUT2D eigenvalue weighted by Crippen LogP contribution is 2.62. The van der Waals surface area contributed by atoms with Crippen molar-refractivity contribution in [1.82, 2.24) is 0 Å². The average Bonchev–Trinajstić information content (AvgIpc) is 3.26. The molecular formula is C64H75N3. The van der Waals surface area contributed by atoms with Crippen molar-refractivity contribution in [1.29, 1.82) is 0 Å². The van der Waals surface area contributed by atoms with Crippen LogP contribution in [0.2, 0.25) is 0 Å². The second kappa shape index (κ2) is 15.9. The molecule has 1 atom stereocenters. The van der Waals surface area contributed by atoms with Gasteiger partial charge >= 0.3 is 0 Å². The number of benzene rings is 6. The Bertz CT molecular complexity index is 2840. The van der Waals surface area contributed by atoms with E-state index in [-0.39, 0.29) is 32.5 Å². The molecule has 2 aliphatic heterocycles. The monoisotopic (exact) mass is 886 g/mol. The number of anilines is 8. The van der Waals surface area contributed by atoms with E-state index in [0.717, 1.165) is 17.8 Å². The number of allylic oxidation sites excluding steroid dienone is 3. The van der Waals surface area contributed by atoms with Crippen molar-refractivity contribution in [3.05, 3.63) is 190 Å².